The zero-order chi connectivity index (χ0) is 14.2. The van der Waals surface area contributed by atoms with Gasteiger partial charge in [-0.25, -0.2) is 4.79 Å². The van der Waals surface area contributed by atoms with E-state index in [0.717, 1.165) is 0 Å². The number of carbonyl (C=O) groups excluding carboxylic acids is 2. The molecule has 0 fully saturated rings. The van der Waals surface area contributed by atoms with E-state index in [1.165, 1.54) is 19.2 Å². The average Bonchev–Trinajstić information content (AvgIpc) is 2.34. The zero-order valence-electron chi connectivity index (χ0n) is 11.1. The molecule has 1 aromatic carbocycles. The van der Waals surface area contributed by atoms with Crippen molar-refractivity contribution >= 4 is 11.8 Å². The number of hydrogen-bond acceptors (Lipinski definition) is 5. The molecule has 2 rings (SSSR count). The van der Waals surface area contributed by atoms with Crippen LogP contribution in [0, 0.1) is 0 Å². The SMILES string of the molecule is COC(=O)C(O)c1ccc2c(c1)OC(C)(C)CC2=O. The minimum absolute atomic E-state index is 0.00893. The summed E-state index contributed by atoms with van der Waals surface area (Å²) in [6.07, 6.45) is -1.07. The van der Waals surface area contributed by atoms with E-state index in [1.54, 1.807) is 6.07 Å². The first-order chi connectivity index (χ1) is 8.84. The number of fused-ring (bicyclic) bond motifs is 1. The molecule has 1 atom stereocenters. The van der Waals surface area contributed by atoms with Crippen molar-refractivity contribution in [3.63, 3.8) is 0 Å². The molecule has 1 aliphatic rings. The molecule has 0 bridgehead atoms. The molecular formula is C14H16O5. The quantitative estimate of drug-likeness (QED) is 0.822. The Morgan fingerprint density at radius 1 is 1.47 bits per heavy atom. The van der Waals surface area contributed by atoms with Gasteiger partial charge < -0.3 is 14.6 Å². The van der Waals surface area contributed by atoms with Crippen LogP contribution in [0.5, 0.6) is 5.75 Å². The van der Waals surface area contributed by atoms with Crippen molar-refractivity contribution in [1.82, 2.24) is 0 Å². The summed E-state index contributed by atoms with van der Waals surface area (Å²) in [5, 5.41) is 9.77. The van der Waals surface area contributed by atoms with Crippen LogP contribution in [0.4, 0.5) is 0 Å². The van der Waals surface area contributed by atoms with Gasteiger partial charge in [0.25, 0.3) is 0 Å². The first-order valence-corrected chi connectivity index (χ1v) is 5.96. The van der Waals surface area contributed by atoms with Crippen molar-refractivity contribution in [1.29, 1.82) is 0 Å². The maximum atomic E-state index is 11.9. The number of rotatable bonds is 2. The van der Waals surface area contributed by atoms with E-state index >= 15 is 0 Å². The van der Waals surface area contributed by atoms with E-state index in [9.17, 15) is 14.7 Å². The van der Waals surface area contributed by atoms with Gasteiger partial charge in [-0.3, -0.25) is 4.79 Å². The predicted molar refractivity (Wildman–Crippen MR) is 67.1 cm³/mol. The fraction of sp³-hybridized carbons (Fsp3) is 0.429. The second kappa shape index (κ2) is 4.66. The van der Waals surface area contributed by atoms with Gasteiger partial charge in [-0.05, 0) is 31.5 Å². The molecule has 1 N–H and O–H groups in total. The first kappa shape index (κ1) is 13.5. The van der Waals surface area contributed by atoms with Crippen LogP contribution in [0.1, 0.15) is 42.3 Å². The number of Topliss-reactive ketones (excluding diaryl/α,β-unsaturated/α-hetero) is 1. The molecule has 0 spiro atoms. The smallest absolute Gasteiger partial charge is 0.339 e. The molecule has 1 aliphatic heterocycles. The van der Waals surface area contributed by atoms with Crippen LogP contribution in [-0.4, -0.2) is 29.6 Å². The lowest BCUT2D eigenvalue weighted by atomic mass is 9.92. The molecule has 0 aliphatic carbocycles. The van der Waals surface area contributed by atoms with Crippen LogP contribution in [0.3, 0.4) is 0 Å². The lowest BCUT2D eigenvalue weighted by Crippen LogP contribution is -2.36. The number of aliphatic hydroxyl groups excluding tert-OH is 1. The van der Waals surface area contributed by atoms with E-state index in [-0.39, 0.29) is 5.78 Å². The van der Waals surface area contributed by atoms with Gasteiger partial charge in [0.15, 0.2) is 11.9 Å². The summed E-state index contributed by atoms with van der Waals surface area (Å²) in [5.74, 6) is -0.367. The van der Waals surface area contributed by atoms with Crippen molar-refractivity contribution < 1.29 is 24.2 Å². The zero-order valence-corrected chi connectivity index (χ0v) is 11.1. The highest BCUT2D eigenvalue weighted by Crippen LogP contribution is 2.34. The molecule has 0 aromatic heterocycles. The molecular weight excluding hydrogens is 248 g/mol. The van der Waals surface area contributed by atoms with E-state index in [1.807, 2.05) is 13.8 Å². The van der Waals surface area contributed by atoms with Crippen molar-refractivity contribution in [3.8, 4) is 5.75 Å². The Balaban J connectivity index is 2.39. The lowest BCUT2D eigenvalue weighted by molar-refractivity contribution is -0.150. The predicted octanol–water partition coefficient (Wildman–Crippen LogP) is 1.64. The van der Waals surface area contributed by atoms with Crippen LogP contribution in [0.2, 0.25) is 0 Å². The number of esters is 1. The van der Waals surface area contributed by atoms with E-state index < -0.39 is 17.7 Å². The topological polar surface area (TPSA) is 72.8 Å². The number of benzene rings is 1. The molecule has 0 saturated heterocycles. The maximum absolute atomic E-state index is 11.9. The first-order valence-electron chi connectivity index (χ1n) is 5.96. The lowest BCUT2D eigenvalue weighted by Gasteiger charge is -2.31. The van der Waals surface area contributed by atoms with Crippen LogP contribution < -0.4 is 4.74 Å². The van der Waals surface area contributed by atoms with Gasteiger partial charge in [0.2, 0.25) is 0 Å². The van der Waals surface area contributed by atoms with Gasteiger partial charge >= 0.3 is 5.97 Å². The summed E-state index contributed by atoms with van der Waals surface area (Å²) < 4.78 is 10.2. The number of ether oxygens (including phenoxy) is 2. The third-order valence-corrected chi connectivity index (χ3v) is 3.02. The Labute approximate surface area is 111 Å². The summed E-state index contributed by atoms with van der Waals surface area (Å²) in [7, 11) is 1.20. The highest BCUT2D eigenvalue weighted by Gasteiger charge is 2.33. The number of ketones is 1. The molecule has 5 nitrogen and oxygen atoms in total. The minimum atomic E-state index is -1.38. The molecule has 5 heteroatoms. The van der Waals surface area contributed by atoms with Gasteiger partial charge in [-0.2, -0.15) is 0 Å². The summed E-state index contributed by atoms with van der Waals surface area (Å²) in [6, 6.07) is 4.60. The van der Waals surface area contributed by atoms with Gasteiger partial charge in [0.05, 0.1) is 19.1 Å². The van der Waals surface area contributed by atoms with Gasteiger partial charge in [0.1, 0.15) is 11.4 Å². The Morgan fingerprint density at radius 3 is 2.79 bits per heavy atom. The van der Waals surface area contributed by atoms with Gasteiger partial charge in [-0.15, -0.1) is 0 Å². The molecule has 1 aromatic rings. The van der Waals surface area contributed by atoms with Crippen molar-refractivity contribution in [3.05, 3.63) is 29.3 Å². The molecule has 19 heavy (non-hydrogen) atoms. The maximum Gasteiger partial charge on any atom is 0.339 e. The summed E-state index contributed by atoms with van der Waals surface area (Å²) in [4.78, 5) is 23.2. The van der Waals surface area contributed by atoms with E-state index in [4.69, 9.17) is 4.74 Å². The molecule has 102 valence electrons. The van der Waals surface area contributed by atoms with Gasteiger partial charge in [-0.1, -0.05) is 6.07 Å². The third kappa shape index (κ3) is 2.61. The fourth-order valence-electron chi connectivity index (χ4n) is 2.09. The van der Waals surface area contributed by atoms with Crippen LogP contribution in [-0.2, 0) is 9.53 Å². The number of carbonyl (C=O) groups is 2. The molecule has 1 unspecified atom stereocenters. The average molecular weight is 264 g/mol. The number of methoxy groups -OCH3 is 1. The number of aliphatic hydroxyl groups is 1. The van der Waals surface area contributed by atoms with E-state index in [2.05, 4.69) is 4.74 Å². The van der Waals surface area contributed by atoms with Crippen molar-refractivity contribution in [2.45, 2.75) is 32.0 Å². The second-order valence-corrected chi connectivity index (χ2v) is 5.14. The minimum Gasteiger partial charge on any atom is -0.487 e. The highest BCUT2D eigenvalue weighted by atomic mass is 16.5. The number of hydrogen-bond donors (Lipinski definition) is 1. The Hall–Kier alpha value is -1.88. The Bertz CT molecular complexity index is 533. The summed E-state index contributed by atoms with van der Waals surface area (Å²) in [5.41, 5.74) is 0.232. The standard InChI is InChI=1S/C14H16O5/c1-14(2)7-10(15)9-5-4-8(6-11(9)19-14)12(16)13(17)18-3/h4-6,12,16H,7H2,1-3H3. The van der Waals surface area contributed by atoms with Crippen LogP contribution >= 0.6 is 0 Å². The fourth-order valence-corrected chi connectivity index (χ4v) is 2.09. The van der Waals surface area contributed by atoms with Crippen molar-refractivity contribution in [2.24, 2.45) is 0 Å². The highest BCUT2D eigenvalue weighted by molar-refractivity contribution is 6.00. The molecule has 1 heterocycles. The molecule has 0 amide bonds. The Kier molecular flexibility index (Phi) is 3.32. The summed E-state index contributed by atoms with van der Waals surface area (Å²) in [6.45, 7) is 3.63. The van der Waals surface area contributed by atoms with Gasteiger partial charge in [0, 0.05) is 0 Å². The Morgan fingerprint density at radius 2 is 2.16 bits per heavy atom. The second-order valence-electron chi connectivity index (χ2n) is 5.14. The third-order valence-electron chi connectivity index (χ3n) is 3.02. The largest absolute Gasteiger partial charge is 0.487 e. The monoisotopic (exact) mass is 264 g/mol. The molecule has 0 saturated carbocycles. The van der Waals surface area contributed by atoms with Crippen LogP contribution in [0.15, 0.2) is 18.2 Å². The normalized spacial score (nSPS) is 18.2. The van der Waals surface area contributed by atoms with Crippen molar-refractivity contribution in [2.75, 3.05) is 7.11 Å². The van der Waals surface area contributed by atoms with E-state index in [0.29, 0.717) is 23.3 Å². The summed E-state index contributed by atoms with van der Waals surface area (Å²) >= 11 is 0. The van der Waals surface area contributed by atoms with Crippen LogP contribution in [0.25, 0.3) is 0 Å². The molecule has 0 radical (unpaired) electrons.